The lowest BCUT2D eigenvalue weighted by Crippen LogP contribution is -2.52. The Morgan fingerprint density at radius 3 is 2.46 bits per heavy atom. The van der Waals surface area contributed by atoms with Crippen molar-refractivity contribution in [1.82, 2.24) is 9.62 Å². The summed E-state index contributed by atoms with van der Waals surface area (Å²) in [5.41, 5.74) is -0.267. The maximum Gasteiger partial charge on any atom is 0.272 e. The molecule has 4 rings (SSSR count). The number of halogens is 1. The number of hydrogen-bond donors (Lipinski definition) is 1. The SMILES string of the molecule is O=C1NC2(CCN(S(=O)(=O)c3ccc(Cl)cc3)CC2)N=C1c1cccs1. The number of piperidine rings is 1. The number of aliphatic imine (C=N–C) groups is 1. The van der Waals surface area contributed by atoms with E-state index in [4.69, 9.17) is 11.6 Å². The smallest absolute Gasteiger partial charge is 0.272 e. The second kappa shape index (κ2) is 6.45. The Morgan fingerprint density at radius 2 is 1.85 bits per heavy atom. The largest absolute Gasteiger partial charge is 0.326 e. The van der Waals surface area contributed by atoms with Crippen LogP contribution in [0.15, 0.2) is 51.7 Å². The molecular formula is C17H16ClN3O3S2. The van der Waals surface area contributed by atoms with Crippen molar-refractivity contribution in [1.29, 1.82) is 0 Å². The highest BCUT2D eigenvalue weighted by atomic mass is 35.5. The van der Waals surface area contributed by atoms with Gasteiger partial charge in [0.2, 0.25) is 10.0 Å². The Balaban J connectivity index is 1.53. The van der Waals surface area contributed by atoms with Gasteiger partial charge >= 0.3 is 0 Å². The molecule has 6 nitrogen and oxygen atoms in total. The molecule has 1 amide bonds. The number of rotatable bonds is 3. The van der Waals surface area contributed by atoms with Crippen molar-refractivity contribution in [2.24, 2.45) is 4.99 Å². The first-order valence-electron chi connectivity index (χ1n) is 8.12. The maximum atomic E-state index is 12.8. The Labute approximate surface area is 160 Å². The molecule has 0 atom stereocenters. The van der Waals surface area contributed by atoms with E-state index in [9.17, 15) is 13.2 Å². The zero-order chi connectivity index (χ0) is 18.4. The lowest BCUT2D eigenvalue weighted by molar-refractivity contribution is -0.115. The lowest BCUT2D eigenvalue weighted by atomic mass is 10.00. The minimum Gasteiger partial charge on any atom is -0.326 e. The molecule has 1 fully saturated rings. The van der Waals surface area contributed by atoms with E-state index < -0.39 is 15.7 Å². The van der Waals surface area contributed by atoms with Crippen LogP contribution in [-0.4, -0.2) is 43.1 Å². The summed E-state index contributed by atoms with van der Waals surface area (Å²) in [6.07, 6.45) is 0.890. The van der Waals surface area contributed by atoms with Crippen LogP contribution >= 0.6 is 22.9 Å². The summed E-state index contributed by atoms with van der Waals surface area (Å²) in [4.78, 5) is 18.0. The third kappa shape index (κ3) is 3.07. The van der Waals surface area contributed by atoms with Crippen LogP contribution in [0.5, 0.6) is 0 Å². The van der Waals surface area contributed by atoms with E-state index in [1.807, 2.05) is 17.5 Å². The molecule has 1 spiro atoms. The van der Waals surface area contributed by atoms with Crippen molar-refractivity contribution in [3.8, 4) is 0 Å². The highest BCUT2D eigenvalue weighted by Crippen LogP contribution is 2.32. The minimum atomic E-state index is -3.58. The van der Waals surface area contributed by atoms with Crippen LogP contribution in [0.3, 0.4) is 0 Å². The zero-order valence-electron chi connectivity index (χ0n) is 13.7. The van der Waals surface area contributed by atoms with Crippen LogP contribution in [0.2, 0.25) is 5.02 Å². The van der Waals surface area contributed by atoms with E-state index in [-0.39, 0.29) is 10.8 Å². The van der Waals surface area contributed by atoms with Crippen LogP contribution in [0.1, 0.15) is 17.7 Å². The summed E-state index contributed by atoms with van der Waals surface area (Å²) in [5, 5.41) is 5.34. The number of nitrogens with one attached hydrogen (secondary N) is 1. The predicted octanol–water partition coefficient (Wildman–Crippen LogP) is 2.50. The number of sulfonamides is 1. The fourth-order valence-corrected chi connectivity index (χ4v) is 5.51. The van der Waals surface area contributed by atoms with Gasteiger partial charge in [-0.05, 0) is 35.7 Å². The molecule has 2 aliphatic heterocycles. The van der Waals surface area contributed by atoms with Gasteiger partial charge in [0.1, 0.15) is 11.4 Å². The molecule has 2 aliphatic rings. The van der Waals surface area contributed by atoms with E-state index in [1.165, 1.54) is 27.8 Å². The first kappa shape index (κ1) is 17.7. The van der Waals surface area contributed by atoms with Crippen LogP contribution < -0.4 is 5.32 Å². The third-order valence-corrected chi connectivity index (χ3v) is 7.68. The first-order chi connectivity index (χ1) is 12.4. The zero-order valence-corrected chi connectivity index (χ0v) is 16.1. The standard InChI is InChI=1S/C17H16ClN3O3S2/c18-12-3-5-13(6-4-12)26(23,24)21-9-7-17(8-10-21)19-15(16(22)20-17)14-2-1-11-25-14/h1-6,11H,7-10H2,(H,20,22). The van der Waals surface area contributed by atoms with E-state index in [2.05, 4.69) is 10.3 Å². The van der Waals surface area contributed by atoms with Crippen molar-refractivity contribution in [2.75, 3.05) is 13.1 Å². The summed E-state index contributed by atoms with van der Waals surface area (Å²) in [6.45, 7) is 0.596. The summed E-state index contributed by atoms with van der Waals surface area (Å²) >= 11 is 7.30. The fraction of sp³-hybridized carbons (Fsp3) is 0.294. The van der Waals surface area contributed by atoms with Crippen LogP contribution in [0, 0.1) is 0 Å². The average Bonchev–Trinajstić information content (AvgIpc) is 3.24. The monoisotopic (exact) mass is 409 g/mol. The molecule has 136 valence electrons. The number of benzene rings is 1. The molecule has 0 aliphatic carbocycles. The van der Waals surface area contributed by atoms with Crippen molar-refractivity contribution in [3.05, 3.63) is 51.7 Å². The van der Waals surface area contributed by atoms with Crippen LogP contribution in [0.4, 0.5) is 0 Å². The maximum absolute atomic E-state index is 12.8. The van der Waals surface area contributed by atoms with E-state index in [1.54, 1.807) is 12.1 Å². The van der Waals surface area contributed by atoms with Crippen LogP contribution in [-0.2, 0) is 14.8 Å². The van der Waals surface area contributed by atoms with Crippen molar-refractivity contribution in [2.45, 2.75) is 23.4 Å². The minimum absolute atomic E-state index is 0.193. The molecule has 1 N–H and O–H groups in total. The second-order valence-corrected chi connectivity index (χ2v) is 9.60. The Kier molecular flexibility index (Phi) is 4.38. The van der Waals surface area contributed by atoms with Gasteiger partial charge in [0.25, 0.3) is 5.91 Å². The van der Waals surface area contributed by atoms with Gasteiger partial charge in [-0.25, -0.2) is 8.42 Å². The molecule has 1 aromatic heterocycles. The van der Waals surface area contributed by atoms with Crippen LogP contribution in [0.25, 0.3) is 0 Å². The number of carbonyl (C=O) groups is 1. The Hall–Kier alpha value is -1.74. The van der Waals surface area contributed by atoms with Crippen molar-refractivity contribution < 1.29 is 13.2 Å². The van der Waals surface area contributed by atoms with Gasteiger partial charge < -0.3 is 5.32 Å². The number of amides is 1. The molecule has 0 bridgehead atoms. The highest BCUT2D eigenvalue weighted by Gasteiger charge is 2.44. The molecule has 26 heavy (non-hydrogen) atoms. The van der Waals surface area contributed by atoms with Crippen molar-refractivity contribution in [3.63, 3.8) is 0 Å². The summed E-state index contributed by atoms with van der Waals surface area (Å²) in [6, 6.07) is 9.88. The molecule has 0 unspecified atom stereocenters. The third-order valence-electron chi connectivity index (χ3n) is 4.64. The number of hydrogen-bond acceptors (Lipinski definition) is 5. The molecule has 0 saturated carbocycles. The number of nitrogens with zero attached hydrogens (tertiary/aromatic N) is 2. The van der Waals surface area contributed by atoms with E-state index >= 15 is 0 Å². The lowest BCUT2D eigenvalue weighted by Gasteiger charge is -2.36. The van der Waals surface area contributed by atoms with Gasteiger partial charge in [-0.3, -0.25) is 9.79 Å². The van der Waals surface area contributed by atoms with E-state index in [0.717, 1.165) is 4.88 Å². The highest BCUT2D eigenvalue weighted by molar-refractivity contribution is 7.89. The first-order valence-corrected chi connectivity index (χ1v) is 10.8. The van der Waals surface area contributed by atoms with Gasteiger partial charge in [-0.15, -0.1) is 11.3 Å². The van der Waals surface area contributed by atoms with Gasteiger partial charge in [0.05, 0.1) is 9.77 Å². The molecule has 2 aromatic rings. The fourth-order valence-electron chi connectivity index (χ4n) is 3.23. The molecule has 0 radical (unpaired) electrons. The summed E-state index contributed by atoms with van der Waals surface area (Å²) < 4.78 is 27.0. The molecule has 1 aromatic carbocycles. The quantitative estimate of drug-likeness (QED) is 0.845. The Morgan fingerprint density at radius 1 is 1.15 bits per heavy atom. The molecule has 1 saturated heterocycles. The van der Waals surface area contributed by atoms with Gasteiger partial charge in [0.15, 0.2) is 0 Å². The Bertz CT molecular complexity index is 961. The molecule has 9 heteroatoms. The number of carbonyl (C=O) groups excluding carboxylic acids is 1. The normalized spacial score (nSPS) is 20.2. The predicted molar refractivity (Wildman–Crippen MR) is 101 cm³/mol. The van der Waals surface area contributed by atoms with Gasteiger partial charge in [-0.2, -0.15) is 4.31 Å². The average molecular weight is 410 g/mol. The van der Waals surface area contributed by atoms with Crippen molar-refractivity contribution >= 4 is 44.6 Å². The molecule has 3 heterocycles. The second-order valence-electron chi connectivity index (χ2n) is 6.28. The van der Waals surface area contributed by atoms with E-state index in [0.29, 0.717) is 36.7 Å². The van der Waals surface area contributed by atoms with Gasteiger partial charge in [0, 0.05) is 31.0 Å². The summed E-state index contributed by atoms with van der Waals surface area (Å²) in [7, 11) is -3.58. The summed E-state index contributed by atoms with van der Waals surface area (Å²) in [5.74, 6) is -0.193. The number of thiophene rings is 1. The van der Waals surface area contributed by atoms with Gasteiger partial charge in [-0.1, -0.05) is 17.7 Å². The topological polar surface area (TPSA) is 78.8 Å². The molecular weight excluding hydrogens is 394 g/mol.